The average Bonchev–Trinajstić information content (AvgIpc) is 3.26. The first-order valence-corrected chi connectivity index (χ1v) is 11.6. The quantitative estimate of drug-likeness (QED) is 0.681. The minimum Gasteiger partial charge on any atom is -0.351 e. The maximum Gasteiger partial charge on any atom is 0.256 e. The summed E-state index contributed by atoms with van der Waals surface area (Å²) >= 11 is 1.44. The Morgan fingerprint density at radius 1 is 1.19 bits per heavy atom. The molecule has 0 spiro atoms. The monoisotopic (exact) mass is 453 g/mol. The number of carbonyl (C=O) groups excluding carboxylic acids is 4. The van der Waals surface area contributed by atoms with Crippen molar-refractivity contribution in [3.05, 3.63) is 56.8 Å². The van der Waals surface area contributed by atoms with Crippen molar-refractivity contribution in [2.75, 3.05) is 0 Å². The molecule has 2 aromatic rings. The molecule has 1 unspecified atom stereocenters. The van der Waals surface area contributed by atoms with E-state index in [4.69, 9.17) is 0 Å². The van der Waals surface area contributed by atoms with Crippen LogP contribution >= 0.6 is 11.3 Å². The Kier molecular flexibility index (Phi) is 5.90. The van der Waals surface area contributed by atoms with Crippen LogP contribution in [0.3, 0.4) is 0 Å². The first-order valence-electron chi connectivity index (χ1n) is 10.7. The predicted octanol–water partition coefficient (Wildman–Crippen LogP) is 2.67. The minimum atomic E-state index is -0.629. The van der Waals surface area contributed by atoms with Gasteiger partial charge in [0.2, 0.25) is 17.7 Å². The highest BCUT2D eigenvalue weighted by atomic mass is 32.1. The molecule has 1 atom stereocenters. The number of amides is 4. The van der Waals surface area contributed by atoms with Gasteiger partial charge in [0.1, 0.15) is 6.04 Å². The van der Waals surface area contributed by atoms with Crippen LogP contribution in [-0.2, 0) is 39.3 Å². The lowest BCUT2D eigenvalue weighted by molar-refractivity contribution is -0.137. The van der Waals surface area contributed by atoms with Crippen LogP contribution in [0.1, 0.15) is 65.5 Å². The first-order chi connectivity index (χ1) is 15.1. The maximum absolute atomic E-state index is 12.8. The van der Waals surface area contributed by atoms with E-state index < -0.39 is 11.9 Å². The van der Waals surface area contributed by atoms with Gasteiger partial charge in [-0.05, 0) is 28.5 Å². The van der Waals surface area contributed by atoms with E-state index in [9.17, 15) is 19.2 Å². The molecule has 0 saturated carbocycles. The standard InChI is InChI=1S/C24H27N3O4S/c1-24(2,3)15-6-4-14(5-7-15)10-21(29)25-11-19-16-12-27(23(31)17(16)13-32-19)18-8-9-20(28)26-22(18)30/h4-7,13,18H,8-12H2,1-3H3,(H,25,29)(H,26,28,30). The van der Waals surface area contributed by atoms with E-state index in [0.717, 1.165) is 16.0 Å². The van der Waals surface area contributed by atoms with E-state index in [1.54, 1.807) is 5.38 Å². The molecule has 0 bridgehead atoms. The first kappa shape index (κ1) is 22.2. The summed E-state index contributed by atoms with van der Waals surface area (Å²) in [5, 5.41) is 7.05. The number of piperidine rings is 1. The second-order valence-electron chi connectivity index (χ2n) is 9.35. The molecule has 7 nitrogen and oxygen atoms in total. The van der Waals surface area contributed by atoms with Crippen molar-refractivity contribution in [3.8, 4) is 0 Å². The molecule has 0 aliphatic carbocycles. The number of nitrogens with zero attached hydrogens (tertiary/aromatic N) is 1. The number of rotatable bonds is 5. The molecule has 1 aromatic carbocycles. The van der Waals surface area contributed by atoms with Crippen molar-refractivity contribution in [3.63, 3.8) is 0 Å². The Morgan fingerprint density at radius 3 is 2.56 bits per heavy atom. The van der Waals surface area contributed by atoms with Gasteiger partial charge in [-0.25, -0.2) is 0 Å². The van der Waals surface area contributed by atoms with E-state index in [2.05, 4.69) is 43.5 Å². The van der Waals surface area contributed by atoms with Gasteiger partial charge in [-0.1, -0.05) is 45.0 Å². The molecule has 32 heavy (non-hydrogen) atoms. The molecule has 1 saturated heterocycles. The molecule has 4 amide bonds. The Bertz CT molecular complexity index is 1080. The summed E-state index contributed by atoms with van der Waals surface area (Å²) in [5.41, 5.74) is 3.69. The van der Waals surface area contributed by atoms with E-state index >= 15 is 0 Å². The summed E-state index contributed by atoms with van der Waals surface area (Å²) in [5.74, 6) is -0.997. The molecule has 2 N–H and O–H groups in total. The van der Waals surface area contributed by atoms with Crippen LogP contribution < -0.4 is 10.6 Å². The van der Waals surface area contributed by atoms with Crippen molar-refractivity contribution >= 4 is 35.0 Å². The van der Waals surface area contributed by atoms with E-state index in [-0.39, 0.29) is 29.6 Å². The second-order valence-corrected chi connectivity index (χ2v) is 10.3. The summed E-state index contributed by atoms with van der Waals surface area (Å²) in [4.78, 5) is 51.3. The highest BCUT2D eigenvalue weighted by Crippen LogP contribution is 2.33. The zero-order chi connectivity index (χ0) is 23.0. The van der Waals surface area contributed by atoms with Crippen molar-refractivity contribution < 1.29 is 19.2 Å². The number of fused-ring (bicyclic) bond motifs is 1. The van der Waals surface area contributed by atoms with Gasteiger partial charge >= 0.3 is 0 Å². The molecule has 3 heterocycles. The van der Waals surface area contributed by atoms with Crippen LogP contribution in [0.2, 0.25) is 0 Å². The topological polar surface area (TPSA) is 95.6 Å². The molecule has 1 aromatic heterocycles. The van der Waals surface area contributed by atoms with Gasteiger partial charge in [-0.3, -0.25) is 24.5 Å². The van der Waals surface area contributed by atoms with E-state index in [1.165, 1.54) is 21.8 Å². The van der Waals surface area contributed by atoms with Crippen LogP contribution in [0.15, 0.2) is 29.6 Å². The average molecular weight is 454 g/mol. The van der Waals surface area contributed by atoms with Gasteiger partial charge < -0.3 is 10.2 Å². The third-order valence-corrected chi connectivity index (χ3v) is 7.05. The summed E-state index contributed by atoms with van der Waals surface area (Å²) in [7, 11) is 0. The third kappa shape index (κ3) is 4.46. The number of carbonyl (C=O) groups is 4. The zero-order valence-corrected chi connectivity index (χ0v) is 19.3. The molecule has 2 aliphatic rings. The molecular weight excluding hydrogens is 426 g/mol. The van der Waals surface area contributed by atoms with Crippen molar-refractivity contribution in [2.45, 2.75) is 64.6 Å². The Morgan fingerprint density at radius 2 is 1.91 bits per heavy atom. The molecule has 2 aliphatic heterocycles. The van der Waals surface area contributed by atoms with Crippen LogP contribution in [0.4, 0.5) is 0 Å². The van der Waals surface area contributed by atoms with Crippen LogP contribution in [0, 0.1) is 0 Å². The second kappa shape index (κ2) is 8.50. The predicted molar refractivity (Wildman–Crippen MR) is 121 cm³/mol. The summed E-state index contributed by atoms with van der Waals surface area (Å²) < 4.78 is 0. The van der Waals surface area contributed by atoms with Crippen LogP contribution in [-0.4, -0.2) is 34.6 Å². The van der Waals surface area contributed by atoms with Crippen LogP contribution in [0.25, 0.3) is 0 Å². The SMILES string of the molecule is CC(C)(C)c1ccc(CC(=O)NCc2scc3c2CN(C2CCC(=O)NC2=O)C3=O)cc1. The Balaban J connectivity index is 1.36. The van der Waals surface area contributed by atoms with Gasteiger partial charge in [0.15, 0.2) is 0 Å². The zero-order valence-electron chi connectivity index (χ0n) is 18.5. The van der Waals surface area contributed by atoms with Gasteiger partial charge in [0.25, 0.3) is 5.91 Å². The number of thiophene rings is 1. The normalized spacial score (nSPS) is 18.5. The fraction of sp³-hybridized carbons (Fsp3) is 0.417. The fourth-order valence-corrected chi connectivity index (χ4v) is 5.08. The minimum absolute atomic E-state index is 0.0689. The lowest BCUT2D eigenvalue weighted by Crippen LogP contribution is -2.52. The molecule has 0 radical (unpaired) electrons. The van der Waals surface area contributed by atoms with E-state index in [1.807, 2.05) is 12.1 Å². The number of nitrogens with one attached hydrogen (secondary N) is 2. The lowest BCUT2D eigenvalue weighted by atomic mass is 9.86. The van der Waals surface area contributed by atoms with E-state index in [0.29, 0.717) is 31.5 Å². The van der Waals surface area contributed by atoms with Gasteiger partial charge in [0.05, 0.1) is 18.5 Å². The number of hydrogen-bond acceptors (Lipinski definition) is 5. The van der Waals surface area contributed by atoms with Gasteiger partial charge in [-0.2, -0.15) is 0 Å². The third-order valence-electron chi connectivity index (χ3n) is 6.02. The molecule has 4 rings (SSSR count). The summed E-state index contributed by atoms with van der Waals surface area (Å²) in [6, 6.07) is 7.46. The molecule has 1 fully saturated rings. The lowest BCUT2D eigenvalue weighted by Gasteiger charge is -2.29. The molecule has 8 heteroatoms. The summed E-state index contributed by atoms with van der Waals surface area (Å²) in [6.07, 6.45) is 0.857. The largest absolute Gasteiger partial charge is 0.351 e. The van der Waals surface area contributed by atoms with Crippen molar-refractivity contribution in [2.24, 2.45) is 0 Å². The molecular formula is C24H27N3O4S. The smallest absolute Gasteiger partial charge is 0.256 e. The Labute approximate surface area is 191 Å². The molecule has 168 valence electrons. The van der Waals surface area contributed by atoms with Crippen molar-refractivity contribution in [1.29, 1.82) is 0 Å². The van der Waals surface area contributed by atoms with Gasteiger partial charge in [0, 0.05) is 23.2 Å². The summed E-state index contributed by atoms with van der Waals surface area (Å²) in [6.45, 7) is 7.12. The fourth-order valence-electron chi connectivity index (χ4n) is 4.10. The van der Waals surface area contributed by atoms with Crippen LogP contribution in [0.5, 0.6) is 0 Å². The van der Waals surface area contributed by atoms with Crippen molar-refractivity contribution in [1.82, 2.24) is 15.5 Å². The highest BCUT2D eigenvalue weighted by Gasteiger charge is 2.40. The highest BCUT2D eigenvalue weighted by molar-refractivity contribution is 7.10. The maximum atomic E-state index is 12.8. The Hall–Kier alpha value is -3.00. The number of benzene rings is 1. The number of imide groups is 1. The van der Waals surface area contributed by atoms with Gasteiger partial charge in [-0.15, -0.1) is 11.3 Å². The number of hydrogen-bond donors (Lipinski definition) is 2.